The first-order valence-corrected chi connectivity index (χ1v) is 6.39. The highest BCUT2D eigenvalue weighted by molar-refractivity contribution is 4.88. The number of hydrogen-bond donors (Lipinski definition) is 1. The van der Waals surface area contributed by atoms with Gasteiger partial charge in [0.1, 0.15) is 0 Å². The summed E-state index contributed by atoms with van der Waals surface area (Å²) in [6, 6.07) is 1.64. The Morgan fingerprint density at radius 2 is 2.00 bits per heavy atom. The summed E-state index contributed by atoms with van der Waals surface area (Å²) in [5.41, 5.74) is 0. The third kappa shape index (κ3) is 2.29. The fraction of sp³-hybridized carbons (Fsp3) is 1.00. The molecule has 2 aliphatic rings. The van der Waals surface area contributed by atoms with Crippen molar-refractivity contribution in [2.75, 3.05) is 19.6 Å². The summed E-state index contributed by atoms with van der Waals surface area (Å²) in [5, 5.41) is 3.71. The Hall–Kier alpha value is -0.0800. The number of nitrogens with zero attached hydrogens (tertiary/aromatic N) is 1. The van der Waals surface area contributed by atoms with Crippen LogP contribution in [-0.4, -0.2) is 36.6 Å². The molecule has 2 aliphatic heterocycles. The molecule has 0 saturated carbocycles. The zero-order valence-corrected chi connectivity index (χ0v) is 9.47. The molecule has 0 aromatic rings. The van der Waals surface area contributed by atoms with Gasteiger partial charge in [-0.05, 0) is 45.3 Å². The maximum absolute atomic E-state index is 3.71. The topological polar surface area (TPSA) is 15.3 Å². The van der Waals surface area contributed by atoms with Crippen LogP contribution in [0, 0.1) is 0 Å². The lowest BCUT2D eigenvalue weighted by molar-refractivity contribution is 0.109. The summed E-state index contributed by atoms with van der Waals surface area (Å²) in [7, 11) is 0. The molecule has 2 rings (SSSR count). The monoisotopic (exact) mass is 196 g/mol. The van der Waals surface area contributed by atoms with Crippen molar-refractivity contribution in [1.82, 2.24) is 10.2 Å². The number of likely N-dealkylation sites (tertiary alicyclic amines) is 1. The van der Waals surface area contributed by atoms with Crippen LogP contribution in [0.1, 0.15) is 45.4 Å². The Labute approximate surface area is 88.1 Å². The fourth-order valence-corrected chi connectivity index (χ4v) is 3.07. The van der Waals surface area contributed by atoms with Crippen LogP contribution in [-0.2, 0) is 0 Å². The SMILES string of the molecule is CCN1CCCCC1C1CCCCN1. The second-order valence-corrected chi connectivity index (χ2v) is 4.75. The van der Waals surface area contributed by atoms with E-state index in [0.717, 1.165) is 12.1 Å². The van der Waals surface area contributed by atoms with Crippen LogP contribution >= 0.6 is 0 Å². The van der Waals surface area contributed by atoms with E-state index in [1.165, 1.54) is 58.2 Å². The lowest BCUT2D eigenvalue weighted by atomic mass is 9.90. The first-order chi connectivity index (χ1) is 6.92. The van der Waals surface area contributed by atoms with Crippen molar-refractivity contribution in [2.24, 2.45) is 0 Å². The maximum atomic E-state index is 3.71. The summed E-state index contributed by atoms with van der Waals surface area (Å²) >= 11 is 0. The minimum Gasteiger partial charge on any atom is -0.312 e. The minimum atomic E-state index is 0.795. The zero-order valence-electron chi connectivity index (χ0n) is 9.47. The molecule has 14 heavy (non-hydrogen) atoms. The summed E-state index contributed by atoms with van der Waals surface area (Å²) < 4.78 is 0. The Kier molecular flexibility index (Phi) is 3.82. The van der Waals surface area contributed by atoms with Crippen molar-refractivity contribution < 1.29 is 0 Å². The van der Waals surface area contributed by atoms with Crippen LogP contribution in [0.4, 0.5) is 0 Å². The normalized spacial score (nSPS) is 35.8. The lowest BCUT2D eigenvalue weighted by Crippen LogP contribution is -2.53. The average Bonchev–Trinajstić information content (AvgIpc) is 2.30. The van der Waals surface area contributed by atoms with E-state index >= 15 is 0 Å². The van der Waals surface area contributed by atoms with Gasteiger partial charge in [-0.3, -0.25) is 4.90 Å². The third-order valence-electron chi connectivity index (χ3n) is 3.88. The van der Waals surface area contributed by atoms with Crippen LogP contribution in [0.2, 0.25) is 0 Å². The van der Waals surface area contributed by atoms with Crippen LogP contribution < -0.4 is 5.32 Å². The number of piperidine rings is 2. The van der Waals surface area contributed by atoms with E-state index in [2.05, 4.69) is 17.1 Å². The molecule has 0 bridgehead atoms. The van der Waals surface area contributed by atoms with Crippen molar-refractivity contribution in [3.05, 3.63) is 0 Å². The molecule has 2 saturated heterocycles. The van der Waals surface area contributed by atoms with Crippen LogP contribution in [0.5, 0.6) is 0 Å². The molecule has 2 unspecified atom stereocenters. The number of rotatable bonds is 2. The molecule has 2 heterocycles. The van der Waals surface area contributed by atoms with Crippen molar-refractivity contribution in [3.63, 3.8) is 0 Å². The van der Waals surface area contributed by atoms with Gasteiger partial charge in [0.15, 0.2) is 0 Å². The summed E-state index contributed by atoms with van der Waals surface area (Å²) in [5.74, 6) is 0. The van der Waals surface area contributed by atoms with Gasteiger partial charge in [-0.1, -0.05) is 19.8 Å². The predicted molar refractivity (Wildman–Crippen MR) is 60.5 cm³/mol. The molecular weight excluding hydrogens is 172 g/mol. The van der Waals surface area contributed by atoms with E-state index in [9.17, 15) is 0 Å². The zero-order chi connectivity index (χ0) is 9.80. The second-order valence-electron chi connectivity index (χ2n) is 4.75. The van der Waals surface area contributed by atoms with E-state index in [1.54, 1.807) is 0 Å². The van der Waals surface area contributed by atoms with E-state index in [0.29, 0.717) is 0 Å². The van der Waals surface area contributed by atoms with Gasteiger partial charge in [-0.15, -0.1) is 0 Å². The molecular formula is C12H24N2. The number of nitrogens with one attached hydrogen (secondary N) is 1. The molecule has 0 spiro atoms. The molecule has 2 fully saturated rings. The van der Waals surface area contributed by atoms with E-state index < -0.39 is 0 Å². The Morgan fingerprint density at radius 3 is 2.71 bits per heavy atom. The largest absolute Gasteiger partial charge is 0.312 e. The maximum Gasteiger partial charge on any atom is 0.0249 e. The molecule has 2 atom stereocenters. The number of hydrogen-bond acceptors (Lipinski definition) is 2. The van der Waals surface area contributed by atoms with Gasteiger partial charge in [-0.2, -0.15) is 0 Å². The molecule has 2 heteroatoms. The molecule has 0 radical (unpaired) electrons. The molecule has 0 aromatic heterocycles. The predicted octanol–water partition coefficient (Wildman–Crippen LogP) is 2.00. The van der Waals surface area contributed by atoms with Gasteiger partial charge in [-0.25, -0.2) is 0 Å². The van der Waals surface area contributed by atoms with Crippen LogP contribution in [0.3, 0.4) is 0 Å². The number of likely N-dealkylation sites (N-methyl/N-ethyl adjacent to an activating group) is 1. The van der Waals surface area contributed by atoms with Crippen LogP contribution in [0.15, 0.2) is 0 Å². The Balaban J connectivity index is 1.91. The summed E-state index contributed by atoms with van der Waals surface area (Å²) in [4.78, 5) is 2.69. The summed E-state index contributed by atoms with van der Waals surface area (Å²) in [6.07, 6.45) is 8.50. The van der Waals surface area contributed by atoms with Gasteiger partial charge in [0.25, 0.3) is 0 Å². The minimum absolute atomic E-state index is 0.795. The molecule has 82 valence electrons. The lowest BCUT2D eigenvalue weighted by Gasteiger charge is -2.41. The third-order valence-corrected chi connectivity index (χ3v) is 3.88. The smallest absolute Gasteiger partial charge is 0.0249 e. The van der Waals surface area contributed by atoms with Crippen molar-refractivity contribution >= 4 is 0 Å². The first-order valence-electron chi connectivity index (χ1n) is 6.39. The standard InChI is InChI=1S/C12H24N2/c1-2-14-10-6-4-8-12(14)11-7-3-5-9-13-11/h11-13H,2-10H2,1H3. The van der Waals surface area contributed by atoms with Crippen molar-refractivity contribution in [3.8, 4) is 0 Å². The highest BCUT2D eigenvalue weighted by atomic mass is 15.2. The average molecular weight is 196 g/mol. The van der Waals surface area contributed by atoms with E-state index in [-0.39, 0.29) is 0 Å². The molecule has 0 aliphatic carbocycles. The van der Waals surface area contributed by atoms with Gasteiger partial charge in [0.05, 0.1) is 0 Å². The van der Waals surface area contributed by atoms with Gasteiger partial charge in [0, 0.05) is 12.1 Å². The second kappa shape index (κ2) is 5.13. The van der Waals surface area contributed by atoms with Crippen molar-refractivity contribution in [2.45, 2.75) is 57.5 Å². The fourth-order valence-electron chi connectivity index (χ4n) is 3.07. The molecule has 2 nitrogen and oxygen atoms in total. The van der Waals surface area contributed by atoms with E-state index in [1.807, 2.05) is 0 Å². The van der Waals surface area contributed by atoms with Gasteiger partial charge >= 0.3 is 0 Å². The molecule has 0 amide bonds. The molecule has 1 N–H and O–H groups in total. The van der Waals surface area contributed by atoms with Gasteiger partial charge in [0.2, 0.25) is 0 Å². The highest BCUT2D eigenvalue weighted by Gasteiger charge is 2.29. The van der Waals surface area contributed by atoms with E-state index in [4.69, 9.17) is 0 Å². The highest BCUT2D eigenvalue weighted by Crippen LogP contribution is 2.23. The van der Waals surface area contributed by atoms with Crippen LogP contribution in [0.25, 0.3) is 0 Å². The van der Waals surface area contributed by atoms with Crippen molar-refractivity contribution in [1.29, 1.82) is 0 Å². The Morgan fingerprint density at radius 1 is 1.14 bits per heavy atom. The van der Waals surface area contributed by atoms with Gasteiger partial charge < -0.3 is 5.32 Å². The first kappa shape index (κ1) is 10.4. The molecule has 0 aromatic carbocycles. The quantitative estimate of drug-likeness (QED) is 0.727. The Bertz CT molecular complexity index is 164. The summed E-state index contributed by atoms with van der Waals surface area (Å²) in [6.45, 7) is 6.13.